The summed E-state index contributed by atoms with van der Waals surface area (Å²) in [7, 11) is -3.92. The molecule has 0 unspecified atom stereocenters. The molecule has 0 saturated heterocycles. The fourth-order valence-corrected chi connectivity index (χ4v) is 6.49. The molecule has 1 heterocycles. The molecule has 8 nitrogen and oxygen atoms in total. The van der Waals surface area contributed by atoms with Crippen LogP contribution >= 0.6 is 0 Å². The number of rotatable bonds is 11. The summed E-state index contributed by atoms with van der Waals surface area (Å²) >= 11 is 0. The highest BCUT2D eigenvalue weighted by atomic mass is 32.2. The van der Waals surface area contributed by atoms with Crippen LogP contribution in [0.15, 0.2) is 103 Å². The van der Waals surface area contributed by atoms with Crippen molar-refractivity contribution in [1.82, 2.24) is 14.9 Å². The Labute approximate surface area is 239 Å². The van der Waals surface area contributed by atoms with Gasteiger partial charge < -0.3 is 14.6 Å². The Kier molecular flexibility index (Phi) is 8.45. The molecule has 0 aliphatic heterocycles. The second-order valence-corrected chi connectivity index (χ2v) is 11.9. The molecule has 0 radical (unpaired) electrons. The number of nitrogens with zero attached hydrogens (tertiary/aromatic N) is 2. The summed E-state index contributed by atoms with van der Waals surface area (Å²) in [6.07, 6.45) is 7.98. The topological polar surface area (TPSA) is 107 Å². The Morgan fingerprint density at radius 2 is 1.93 bits per heavy atom. The van der Waals surface area contributed by atoms with E-state index in [0.717, 1.165) is 5.56 Å². The molecule has 1 aliphatic carbocycles. The van der Waals surface area contributed by atoms with Gasteiger partial charge in [-0.1, -0.05) is 42.5 Å². The Bertz CT molecular complexity index is 1660. The maximum atomic E-state index is 13.8. The van der Waals surface area contributed by atoms with E-state index in [2.05, 4.69) is 16.9 Å². The lowest BCUT2D eigenvalue weighted by atomic mass is 9.87. The normalized spacial score (nSPS) is 13.7. The van der Waals surface area contributed by atoms with Crippen molar-refractivity contribution in [3.05, 3.63) is 126 Å². The first-order valence-corrected chi connectivity index (χ1v) is 15.1. The average Bonchev–Trinajstić information content (AvgIpc) is 3.50. The van der Waals surface area contributed by atoms with Gasteiger partial charge in [0.1, 0.15) is 11.9 Å². The van der Waals surface area contributed by atoms with E-state index in [1.165, 1.54) is 12.1 Å². The molecule has 0 saturated carbocycles. The van der Waals surface area contributed by atoms with Gasteiger partial charge in [-0.05, 0) is 54.3 Å². The van der Waals surface area contributed by atoms with Crippen LogP contribution < -0.4 is 10.1 Å². The van der Waals surface area contributed by atoms with Gasteiger partial charge in [-0.3, -0.25) is 9.59 Å². The number of Topliss-reactive ketones (excluding diaryl/α,β-unsaturated/α-hetero) is 1. The third kappa shape index (κ3) is 6.47. The van der Waals surface area contributed by atoms with E-state index in [9.17, 15) is 18.0 Å². The summed E-state index contributed by atoms with van der Waals surface area (Å²) in [6.45, 7) is 4.31. The molecule has 1 N–H and O–H groups in total. The zero-order valence-corrected chi connectivity index (χ0v) is 23.3. The van der Waals surface area contributed by atoms with Gasteiger partial charge >= 0.3 is 0 Å². The van der Waals surface area contributed by atoms with Gasteiger partial charge in [0.15, 0.2) is 15.6 Å². The summed E-state index contributed by atoms with van der Waals surface area (Å²) in [5.41, 5.74) is 2.87. The van der Waals surface area contributed by atoms with Gasteiger partial charge in [-0.2, -0.15) is 0 Å². The highest BCUT2D eigenvalue weighted by molar-refractivity contribution is 7.90. The van der Waals surface area contributed by atoms with Crippen molar-refractivity contribution in [2.45, 2.75) is 42.6 Å². The van der Waals surface area contributed by atoms with Crippen LogP contribution in [0.2, 0.25) is 0 Å². The van der Waals surface area contributed by atoms with E-state index in [-0.39, 0.29) is 34.4 Å². The number of carbonyl (C=O) groups excluding carboxylic acids is 2. The highest BCUT2D eigenvalue weighted by Crippen LogP contribution is 2.36. The van der Waals surface area contributed by atoms with E-state index < -0.39 is 15.9 Å². The Morgan fingerprint density at radius 1 is 1.10 bits per heavy atom. The third-order valence-electron chi connectivity index (χ3n) is 7.09. The van der Waals surface area contributed by atoms with E-state index in [0.29, 0.717) is 48.2 Å². The smallest absolute Gasteiger partial charge is 0.251 e. The standard InChI is InChI=1S/C32H31N3O5S/c1-2-16-34-32(37)24-10-6-11-25(19-24)41(38,39)21-28-26-12-7-13-29(36)27(26)14-15-30(28)40-31(20-35-18-17-33-22-35)23-8-4-3-5-9-23/h2-6,8-11,14-15,17-19,22,31H,1,7,12-13,16,20-21H2,(H,34,37)/t31-/m1/s1. The first-order chi connectivity index (χ1) is 19.9. The summed E-state index contributed by atoms with van der Waals surface area (Å²) in [4.78, 5) is 29.4. The monoisotopic (exact) mass is 569 g/mol. The number of ether oxygens (including phenoxy) is 1. The van der Waals surface area contributed by atoms with Crippen LogP contribution in [0.4, 0.5) is 0 Å². The lowest BCUT2D eigenvalue weighted by molar-refractivity contribution is 0.0954. The first-order valence-electron chi connectivity index (χ1n) is 13.4. The molecule has 1 atom stereocenters. The third-order valence-corrected chi connectivity index (χ3v) is 8.73. The van der Waals surface area contributed by atoms with E-state index in [1.54, 1.807) is 42.9 Å². The first kappa shape index (κ1) is 28.0. The van der Waals surface area contributed by atoms with Crippen molar-refractivity contribution >= 4 is 21.5 Å². The molecular weight excluding hydrogens is 538 g/mol. The molecule has 210 valence electrons. The average molecular weight is 570 g/mol. The summed E-state index contributed by atoms with van der Waals surface area (Å²) in [6, 6.07) is 19.1. The van der Waals surface area contributed by atoms with E-state index in [1.807, 2.05) is 41.1 Å². The predicted octanol–water partition coefficient (Wildman–Crippen LogP) is 5.11. The number of hydrogen-bond acceptors (Lipinski definition) is 6. The molecular formula is C32H31N3O5S. The molecule has 1 aliphatic rings. The minimum absolute atomic E-state index is 0.00430. The van der Waals surface area contributed by atoms with Crippen LogP contribution in [-0.4, -0.2) is 36.2 Å². The zero-order chi connectivity index (χ0) is 28.8. The van der Waals surface area contributed by atoms with Gasteiger partial charge in [0, 0.05) is 42.0 Å². The zero-order valence-electron chi connectivity index (χ0n) is 22.5. The molecule has 3 aromatic carbocycles. The number of aromatic nitrogens is 2. The van der Waals surface area contributed by atoms with Crippen LogP contribution in [-0.2, 0) is 28.6 Å². The van der Waals surface area contributed by atoms with Crippen molar-refractivity contribution in [3.63, 3.8) is 0 Å². The van der Waals surface area contributed by atoms with Gasteiger partial charge in [0.25, 0.3) is 5.91 Å². The van der Waals surface area contributed by atoms with Crippen molar-refractivity contribution in [2.75, 3.05) is 6.54 Å². The summed E-state index contributed by atoms with van der Waals surface area (Å²) in [5.74, 6) is -0.353. The second kappa shape index (κ2) is 12.3. The number of ketones is 1. The number of hydrogen-bond donors (Lipinski definition) is 1. The number of benzene rings is 3. The lowest BCUT2D eigenvalue weighted by Gasteiger charge is -2.26. The molecule has 0 fully saturated rings. The van der Waals surface area contributed by atoms with E-state index >= 15 is 0 Å². The van der Waals surface area contributed by atoms with Crippen molar-refractivity contribution in [1.29, 1.82) is 0 Å². The number of sulfone groups is 1. The largest absolute Gasteiger partial charge is 0.484 e. The number of carbonyl (C=O) groups is 2. The van der Waals surface area contributed by atoms with Crippen LogP contribution in [0.1, 0.15) is 56.4 Å². The van der Waals surface area contributed by atoms with Gasteiger partial charge in [-0.15, -0.1) is 6.58 Å². The van der Waals surface area contributed by atoms with Gasteiger partial charge in [0.05, 0.1) is 23.5 Å². The number of nitrogens with one attached hydrogen (secondary N) is 1. The highest BCUT2D eigenvalue weighted by Gasteiger charge is 2.28. The fraction of sp³-hybridized carbons (Fsp3) is 0.219. The molecule has 5 rings (SSSR count). The van der Waals surface area contributed by atoms with Crippen LogP contribution in [0.25, 0.3) is 0 Å². The molecule has 4 aromatic rings. The Hall–Kier alpha value is -4.50. The van der Waals surface area contributed by atoms with Crippen LogP contribution in [0.5, 0.6) is 5.75 Å². The van der Waals surface area contributed by atoms with Crippen LogP contribution in [0, 0.1) is 0 Å². The van der Waals surface area contributed by atoms with Gasteiger partial charge in [-0.25, -0.2) is 13.4 Å². The molecule has 1 amide bonds. The SMILES string of the molecule is C=CCNC(=O)c1cccc(S(=O)(=O)Cc2c(O[C@H](Cn3ccnc3)c3ccccc3)ccc3c2CCCC3=O)c1. The summed E-state index contributed by atoms with van der Waals surface area (Å²) < 4.78 is 36.1. The second-order valence-electron chi connectivity index (χ2n) is 9.91. The summed E-state index contributed by atoms with van der Waals surface area (Å²) in [5, 5.41) is 2.67. The minimum atomic E-state index is -3.92. The molecule has 0 bridgehead atoms. The minimum Gasteiger partial charge on any atom is -0.484 e. The molecule has 41 heavy (non-hydrogen) atoms. The van der Waals surface area contributed by atoms with Crippen molar-refractivity contribution in [2.24, 2.45) is 0 Å². The van der Waals surface area contributed by atoms with Gasteiger partial charge in [0.2, 0.25) is 0 Å². The Morgan fingerprint density at radius 3 is 2.68 bits per heavy atom. The fourth-order valence-electron chi connectivity index (χ4n) is 5.04. The lowest BCUT2D eigenvalue weighted by Crippen LogP contribution is -2.23. The molecule has 9 heteroatoms. The molecule has 0 spiro atoms. The van der Waals surface area contributed by atoms with Crippen molar-refractivity contribution < 1.29 is 22.7 Å². The predicted molar refractivity (Wildman–Crippen MR) is 156 cm³/mol. The number of amides is 1. The number of imidazole rings is 1. The maximum absolute atomic E-state index is 13.8. The number of fused-ring (bicyclic) bond motifs is 1. The van der Waals surface area contributed by atoms with Crippen LogP contribution in [0.3, 0.4) is 0 Å². The van der Waals surface area contributed by atoms with Crippen molar-refractivity contribution in [3.8, 4) is 5.75 Å². The van der Waals surface area contributed by atoms with E-state index in [4.69, 9.17) is 4.74 Å². The maximum Gasteiger partial charge on any atom is 0.251 e. The quantitative estimate of drug-likeness (QED) is 0.252. The molecule has 1 aromatic heterocycles. The Balaban J connectivity index is 1.54.